The van der Waals surface area contributed by atoms with E-state index in [0.717, 1.165) is 6.54 Å². The van der Waals surface area contributed by atoms with E-state index in [-0.39, 0.29) is 11.8 Å². The first-order valence-corrected chi connectivity index (χ1v) is 4.75. The zero-order chi connectivity index (χ0) is 10.4. The van der Waals surface area contributed by atoms with Crippen LogP contribution in [0.25, 0.3) is 11.2 Å². The molecule has 3 N–H and O–H groups in total. The fourth-order valence-corrected chi connectivity index (χ4v) is 1.55. The van der Waals surface area contributed by atoms with Crippen LogP contribution in [0, 0.1) is 5.92 Å². The number of aromatic nitrogens is 4. The molecule has 0 unspecified atom stereocenters. The van der Waals surface area contributed by atoms with Crippen molar-refractivity contribution in [2.75, 3.05) is 5.73 Å². The van der Waals surface area contributed by atoms with Crippen LogP contribution in [0.1, 0.15) is 12.8 Å². The summed E-state index contributed by atoms with van der Waals surface area (Å²) in [5, 5.41) is 9.50. The topological polar surface area (TPSA) is 89.9 Å². The Hall–Kier alpha value is -1.85. The Morgan fingerprint density at radius 3 is 2.93 bits per heavy atom. The minimum Gasteiger partial charge on any atom is -0.492 e. The van der Waals surface area contributed by atoms with Crippen LogP contribution in [0.4, 0.5) is 5.95 Å². The average Bonchev–Trinajstić information content (AvgIpc) is 2.89. The highest BCUT2D eigenvalue weighted by Crippen LogP contribution is 2.34. The van der Waals surface area contributed by atoms with E-state index in [4.69, 9.17) is 5.73 Å². The third-order valence-electron chi connectivity index (χ3n) is 2.46. The molecule has 0 spiro atoms. The molecule has 1 radical (unpaired) electrons. The minimum atomic E-state index is -0.156. The minimum absolute atomic E-state index is 0.0718. The molecule has 2 aromatic rings. The van der Waals surface area contributed by atoms with Crippen molar-refractivity contribution in [1.82, 2.24) is 19.5 Å². The van der Waals surface area contributed by atoms with Gasteiger partial charge in [-0.05, 0) is 18.8 Å². The van der Waals surface area contributed by atoms with Gasteiger partial charge in [-0.25, -0.2) is 4.98 Å². The zero-order valence-electron chi connectivity index (χ0n) is 8.01. The summed E-state index contributed by atoms with van der Waals surface area (Å²) in [6.07, 6.45) is 4.00. The van der Waals surface area contributed by atoms with Crippen LogP contribution in [0.2, 0.25) is 0 Å². The van der Waals surface area contributed by atoms with Gasteiger partial charge in [-0.2, -0.15) is 9.97 Å². The van der Waals surface area contributed by atoms with Crippen molar-refractivity contribution in [2.45, 2.75) is 19.4 Å². The molecule has 6 heteroatoms. The number of nitrogens with two attached hydrogens (primary N) is 1. The second kappa shape index (κ2) is 2.82. The lowest BCUT2D eigenvalue weighted by Gasteiger charge is -2.01. The molecular weight excluding hydrogens is 194 g/mol. The van der Waals surface area contributed by atoms with E-state index < -0.39 is 0 Å². The maximum absolute atomic E-state index is 9.50. The molecule has 3 rings (SSSR count). The van der Waals surface area contributed by atoms with Crippen molar-refractivity contribution in [2.24, 2.45) is 0 Å². The van der Waals surface area contributed by atoms with E-state index >= 15 is 0 Å². The van der Waals surface area contributed by atoms with Crippen molar-refractivity contribution >= 4 is 17.1 Å². The third-order valence-corrected chi connectivity index (χ3v) is 2.46. The van der Waals surface area contributed by atoms with E-state index in [1.807, 2.05) is 4.57 Å². The number of hydrogen-bond acceptors (Lipinski definition) is 5. The summed E-state index contributed by atoms with van der Waals surface area (Å²) in [6, 6.07) is 0. The number of rotatable bonds is 2. The van der Waals surface area contributed by atoms with Gasteiger partial charge in [0.15, 0.2) is 11.2 Å². The quantitative estimate of drug-likeness (QED) is 0.742. The Kier molecular flexibility index (Phi) is 1.59. The predicted molar refractivity (Wildman–Crippen MR) is 53.9 cm³/mol. The van der Waals surface area contributed by atoms with E-state index in [2.05, 4.69) is 15.0 Å². The van der Waals surface area contributed by atoms with E-state index in [0.29, 0.717) is 11.2 Å². The van der Waals surface area contributed by atoms with Crippen LogP contribution >= 0.6 is 0 Å². The summed E-state index contributed by atoms with van der Waals surface area (Å²) in [7, 11) is 0. The predicted octanol–water partition coefficient (Wildman–Crippen LogP) is 0.482. The van der Waals surface area contributed by atoms with Crippen LogP contribution in [0.5, 0.6) is 5.88 Å². The van der Waals surface area contributed by atoms with E-state index in [1.165, 1.54) is 18.8 Å². The van der Waals surface area contributed by atoms with Gasteiger partial charge in [0, 0.05) is 6.54 Å². The summed E-state index contributed by atoms with van der Waals surface area (Å²) in [6.45, 7) is 0.812. The molecule has 6 nitrogen and oxygen atoms in total. The standard InChI is InChI=1S/C9H10N5O/c10-9-12-7-6(8(15)13-9)11-4-14(7)3-5-1-2-5/h4H,1-3H2,(H3,10,12,13,15). The average molecular weight is 204 g/mol. The van der Waals surface area contributed by atoms with Crippen molar-refractivity contribution in [1.29, 1.82) is 0 Å². The number of fused-ring (bicyclic) bond motifs is 1. The Morgan fingerprint density at radius 1 is 1.40 bits per heavy atom. The van der Waals surface area contributed by atoms with Gasteiger partial charge in [0.1, 0.15) is 0 Å². The van der Waals surface area contributed by atoms with Gasteiger partial charge in [-0.15, -0.1) is 0 Å². The van der Waals surface area contributed by atoms with Gasteiger partial charge in [0.05, 0.1) is 6.33 Å². The zero-order valence-corrected chi connectivity index (χ0v) is 8.01. The molecule has 1 aliphatic rings. The van der Waals surface area contributed by atoms with Crippen LogP contribution < -0.4 is 5.73 Å². The number of anilines is 1. The van der Waals surface area contributed by atoms with Gasteiger partial charge >= 0.3 is 0 Å². The molecule has 0 aliphatic heterocycles. The number of nitrogen functional groups attached to an aromatic ring is 1. The molecule has 1 aliphatic carbocycles. The smallest absolute Gasteiger partial charge is 0.244 e. The third kappa shape index (κ3) is 1.38. The summed E-state index contributed by atoms with van der Waals surface area (Å²) in [5.74, 6) is 1.38. The second-order valence-electron chi connectivity index (χ2n) is 3.70. The number of nitrogens with zero attached hydrogens (tertiary/aromatic N) is 4. The van der Waals surface area contributed by atoms with Gasteiger partial charge < -0.3 is 15.4 Å². The van der Waals surface area contributed by atoms with Gasteiger partial charge in [0.25, 0.3) is 0 Å². The lowest BCUT2D eigenvalue weighted by molar-refractivity contribution is 0.459. The summed E-state index contributed by atoms with van der Waals surface area (Å²) < 4.78 is 1.88. The molecule has 0 amide bonds. The van der Waals surface area contributed by atoms with Crippen LogP contribution in [-0.2, 0) is 6.54 Å². The Labute approximate surface area is 85.8 Å². The second-order valence-corrected chi connectivity index (χ2v) is 3.70. The first-order chi connectivity index (χ1) is 7.24. The van der Waals surface area contributed by atoms with E-state index in [1.54, 1.807) is 6.33 Å². The summed E-state index contributed by atoms with van der Waals surface area (Å²) in [5.41, 5.74) is 6.47. The Bertz CT molecular complexity index is 516. The normalized spacial score (nSPS) is 16.0. The summed E-state index contributed by atoms with van der Waals surface area (Å²) >= 11 is 0. The summed E-state index contributed by atoms with van der Waals surface area (Å²) in [4.78, 5) is 11.8. The SMILES string of the molecule is Nc1nc(O)c2ncn(C[C]3CC3)c2n1. The van der Waals surface area contributed by atoms with Gasteiger partial charge in [-0.3, -0.25) is 0 Å². The molecule has 1 fully saturated rings. The largest absolute Gasteiger partial charge is 0.492 e. The van der Waals surface area contributed by atoms with Crippen LogP contribution in [0.15, 0.2) is 6.33 Å². The van der Waals surface area contributed by atoms with E-state index in [9.17, 15) is 5.11 Å². The maximum atomic E-state index is 9.50. The van der Waals surface area contributed by atoms with Crippen LogP contribution in [-0.4, -0.2) is 24.6 Å². The monoisotopic (exact) mass is 204 g/mol. The highest BCUT2D eigenvalue weighted by atomic mass is 16.3. The van der Waals surface area contributed by atoms with Crippen molar-refractivity contribution in [3.63, 3.8) is 0 Å². The highest BCUT2D eigenvalue weighted by Gasteiger charge is 2.24. The molecule has 15 heavy (non-hydrogen) atoms. The fourth-order valence-electron chi connectivity index (χ4n) is 1.55. The Balaban J connectivity index is 2.14. The molecule has 0 atom stereocenters. The number of aromatic hydroxyl groups is 1. The van der Waals surface area contributed by atoms with Crippen molar-refractivity contribution in [3.8, 4) is 5.88 Å². The molecule has 2 heterocycles. The molecule has 1 saturated carbocycles. The molecule has 0 saturated heterocycles. The fraction of sp³-hybridized carbons (Fsp3) is 0.333. The Morgan fingerprint density at radius 2 is 2.20 bits per heavy atom. The van der Waals surface area contributed by atoms with Crippen molar-refractivity contribution < 1.29 is 5.11 Å². The molecule has 2 aromatic heterocycles. The lowest BCUT2D eigenvalue weighted by atomic mass is 10.4. The van der Waals surface area contributed by atoms with Crippen molar-refractivity contribution in [3.05, 3.63) is 12.2 Å². The highest BCUT2D eigenvalue weighted by molar-refractivity contribution is 5.77. The maximum Gasteiger partial charge on any atom is 0.244 e. The molecular formula is C9H10N5O. The molecule has 0 aromatic carbocycles. The van der Waals surface area contributed by atoms with Crippen LogP contribution in [0.3, 0.4) is 0 Å². The first kappa shape index (κ1) is 8.46. The molecule has 77 valence electrons. The first-order valence-electron chi connectivity index (χ1n) is 4.75. The number of hydrogen-bond donors (Lipinski definition) is 2. The van der Waals surface area contributed by atoms with Gasteiger partial charge in [0.2, 0.25) is 11.8 Å². The number of imidazole rings is 1. The van der Waals surface area contributed by atoms with Gasteiger partial charge in [-0.1, -0.05) is 0 Å². The molecule has 0 bridgehead atoms. The lowest BCUT2D eigenvalue weighted by Crippen LogP contribution is -2.01.